The van der Waals surface area contributed by atoms with Gasteiger partial charge in [0.15, 0.2) is 0 Å². The molecule has 1 aromatic carbocycles. The van der Waals surface area contributed by atoms with Crippen molar-refractivity contribution in [1.29, 1.82) is 0 Å². The van der Waals surface area contributed by atoms with Crippen molar-refractivity contribution >= 4 is 23.4 Å². The van der Waals surface area contributed by atoms with Crippen LogP contribution in [-0.2, 0) is 6.54 Å². The summed E-state index contributed by atoms with van der Waals surface area (Å²) in [5.41, 5.74) is 2.48. The topological polar surface area (TPSA) is 50.3 Å². The molecule has 0 bridgehead atoms. The van der Waals surface area contributed by atoms with Gasteiger partial charge in [0.1, 0.15) is 0 Å². The van der Waals surface area contributed by atoms with E-state index in [4.69, 9.17) is 11.6 Å². The predicted octanol–water partition coefficient (Wildman–Crippen LogP) is 2.13. The van der Waals surface area contributed by atoms with Crippen LogP contribution in [0, 0.1) is 11.8 Å². The van der Waals surface area contributed by atoms with Crippen molar-refractivity contribution in [3.63, 3.8) is 0 Å². The van der Waals surface area contributed by atoms with E-state index in [-0.39, 0.29) is 0 Å². The Morgan fingerprint density at radius 2 is 1.77 bits per heavy atom. The highest BCUT2D eigenvalue weighted by molar-refractivity contribution is 6.33. The van der Waals surface area contributed by atoms with Crippen LogP contribution in [0.2, 0.25) is 5.02 Å². The van der Waals surface area contributed by atoms with Crippen LogP contribution in [0.1, 0.15) is 5.56 Å². The molecule has 2 unspecified atom stereocenters. The minimum absolute atomic E-state index is 0.470. The highest BCUT2D eigenvalue weighted by atomic mass is 35.5. The molecule has 3 fully saturated rings. The molecule has 3 saturated heterocycles. The number of carboxylic acid groups (broad SMARTS) is 1. The summed E-state index contributed by atoms with van der Waals surface area (Å²) in [7, 11) is 2.16. The van der Waals surface area contributed by atoms with Crippen LogP contribution in [-0.4, -0.2) is 85.3 Å². The van der Waals surface area contributed by atoms with Gasteiger partial charge in [0.25, 0.3) is 0 Å². The summed E-state index contributed by atoms with van der Waals surface area (Å²) >= 11 is 6.59. The second kappa shape index (κ2) is 7.25. The van der Waals surface area contributed by atoms with E-state index < -0.39 is 6.09 Å². The summed E-state index contributed by atoms with van der Waals surface area (Å²) in [5, 5.41) is 10.0. The lowest BCUT2D eigenvalue weighted by Gasteiger charge is -2.36. The normalized spacial score (nSPS) is 27.2. The number of halogens is 1. The van der Waals surface area contributed by atoms with E-state index >= 15 is 0 Å². The van der Waals surface area contributed by atoms with Crippen LogP contribution >= 0.6 is 11.6 Å². The number of hydrogen-bond acceptors (Lipinski definition) is 4. The third kappa shape index (κ3) is 3.50. The summed E-state index contributed by atoms with van der Waals surface area (Å²) in [5.74, 6) is 0.940. The van der Waals surface area contributed by atoms with E-state index in [9.17, 15) is 9.90 Å². The highest BCUT2D eigenvalue weighted by Crippen LogP contribution is 2.35. The Bertz CT molecular complexity index is 664. The maximum Gasteiger partial charge on any atom is 0.407 e. The zero-order chi connectivity index (χ0) is 18.3. The van der Waals surface area contributed by atoms with Crippen LogP contribution < -0.4 is 4.90 Å². The first kappa shape index (κ1) is 17.9. The molecule has 7 heteroatoms. The van der Waals surface area contributed by atoms with Gasteiger partial charge >= 0.3 is 6.09 Å². The third-order valence-electron chi connectivity index (χ3n) is 6.12. The Balaban J connectivity index is 1.45. The number of carbonyl (C=O) groups is 1. The molecular formula is C19H27ClN4O2. The molecule has 3 heterocycles. The Morgan fingerprint density at radius 1 is 1.12 bits per heavy atom. The molecule has 2 atom stereocenters. The first-order valence-electron chi connectivity index (χ1n) is 9.42. The predicted molar refractivity (Wildman–Crippen MR) is 103 cm³/mol. The number of benzene rings is 1. The summed E-state index contributed by atoms with van der Waals surface area (Å²) in [4.78, 5) is 20.0. The van der Waals surface area contributed by atoms with E-state index in [2.05, 4.69) is 27.8 Å². The largest absolute Gasteiger partial charge is 0.465 e. The molecule has 3 aliphatic rings. The third-order valence-corrected chi connectivity index (χ3v) is 6.42. The smallest absolute Gasteiger partial charge is 0.407 e. The van der Waals surface area contributed by atoms with Crippen molar-refractivity contribution < 1.29 is 9.90 Å². The average molecular weight is 379 g/mol. The first-order chi connectivity index (χ1) is 12.5. The lowest BCUT2D eigenvalue weighted by molar-refractivity contribution is 0.148. The molecule has 0 radical (unpaired) electrons. The fourth-order valence-corrected chi connectivity index (χ4v) is 5.00. The van der Waals surface area contributed by atoms with Crippen molar-refractivity contribution in [2.24, 2.45) is 11.8 Å². The molecular weight excluding hydrogens is 352 g/mol. The van der Waals surface area contributed by atoms with Gasteiger partial charge in [0, 0.05) is 58.9 Å². The average Bonchev–Trinajstić information content (AvgIpc) is 3.15. The van der Waals surface area contributed by atoms with Crippen molar-refractivity contribution in [2.75, 3.05) is 64.3 Å². The molecule has 0 saturated carbocycles. The fraction of sp³-hybridized carbons (Fsp3) is 0.632. The van der Waals surface area contributed by atoms with Gasteiger partial charge in [-0.15, -0.1) is 0 Å². The molecule has 0 spiro atoms. The fourth-order valence-electron chi connectivity index (χ4n) is 4.69. The van der Waals surface area contributed by atoms with Crippen LogP contribution in [0.25, 0.3) is 0 Å². The number of nitrogens with zero attached hydrogens (tertiary/aromatic N) is 4. The molecule has 1 aromatic rings. The van der Waals surface area contributed by atoms with Gasteiger partial charge < -0.3 is 19.8 Å². The van der Waals surface area contributed by atoms with Crippen molar-refractivity contribution in [2.45, 2.75) is 6.54 Å². The van der Waals surface area contributed by atoms with Crippen LogP contribution in [0.3, 0.4) is 0 Å². The maximum absolute atomic E-state index is 11.2. The lowest BCUT2D eigenvalue weighted by Crippen LogP contribution is -2.45. The van der Waals surface area contributed by atoms with Crippen molar-refractivity contribution in [1.82, 2.24) is 14.7 Å². The van der Waals surface area contributed by atoms with E-state index in [0.29, 0.717) is 24.9 Å². The lowest BCUT2D eigenvalue weighted by atomic mass is 10.0. The van der Waals surface area contributed by atoms with Gasteiger partial charge in [-0.25, -0.2) is 4.79 Å². The van der Waals surface area contributed by atoms with E-state index in [0.717, 1.165) is 50.8 Å². The number of piperazine rings is 1. The van der Waals surface area contributed by atoms with E-state index in [1.165, 1.54) is 11.3 Å². The van der Waals surface area contributed by atoms with Crippen molar-refractivity contribution in [3.8, 4) is 0 Å². The maximum atomic E-state index is 11.2. The number of para-hydroxylation sites is 1. The van der Waals surface area contributed by atoms with Gasteiger partial charge in [0.2, 0.25) is 0 Å². The number of fused-ring (bicyclic) bond motifs is 1. The molecule has 26 heavy (non-hydrogen) atoms. The zero-order valence-electron chi connectivity index (χ0n) is 15.3. The molecule has 1 N–H and O–H groups in total. The number of rotatable bonds is 3. The molecule has 6 nitrogen and oxygen atoms in total. The van der Waals surface area contributed by atoms with Gasteiger partial charge in [-0.1, -0.05) is 23.7 Å². The summed E-state index contributed by atoms with van der Waals surface area (Å²) in [6.07, 6.45) is -0.779. The monoisotopic (exact) mass is 378 g/mol. The van der Waals surface area contributed by atoms with E-state index in [1.54, 1.807) is 4.90 Å². The van der Waals surface area contributed by atoms with Gasteiger partial charge in [0.05, 0.1) is 10.7 Å². The quantitative estimate of drug-likeness (QED) is 0.873. The number of anilines is 1. The minimum atomic E-state index is -0.779. The van der Waals surface area contributed by atoms with Crippen molar-refractivity contribution in [3.05, 3.63) is 28.8 Å². The number of hydrogen-bond donors (Lipinski definition) is 1. The minimum Gasteiger partial charge on any atom is -0.465 e. The number of amides is 1. The molecule has 0 aliphatic carbocycles. The van der Waals surface area contributed by atoms with Gasteiger partial charge in [-0.3, -0.25) is 4.90 Å². The molecule has 0 aromatic heterocycles. The first-order valence-corrected chi connectivity index (χ1v) is 9.80. The zero-order valence-corrected chi connectivity index (χ0v) is 16.0. The Morgan fingerprint density at radius 3 is 2.38 bits per heavy atom. The van der Waals surface area contributed by atoms with Gasteiger partial charge in [-0.05, 0) is 30.5 Å². The Kier molecular flexibility index (Phi) is 4.99. The Hall–Kier alpha value is -1.50. The van der Waals surface area contributed by atoms with Crippen LogP contribution in [0.5, 0.6) is 0 Å². The molecule has 3 aliphatic heterocycles. The Labute approximate surface area is 159 Å². The van der Waals surface area contributed by atoms with Crippen LogP contribution in [0.4, 0.5) is 10.5 Å². The highest BCUT2D eigenvalue weighted by Gasteiger charge is 2.41. The van der Waals surface area contributed by atoms with Crippen LogP contribution in [0.15, 0.2) is 18.2 Å². The SMILES string of the molecule is CN1CCN(c2c(Cl)cccc2CN2CC3CN(C(=O)O)CC3C2)CC1. The number of likely N-dealkylation sites (tertiary alicyclic amines) is 2. The summed E-state index contributed by atoms with van der Waals surface area (Å²) in [6, 6.07) is 6.22. The molecule has 1 amide bonds. The number of likely N-dealkylation sites (N-methyl/N-ethyl adjacent to an activating group) is 1. The van der Waals surface area contributed by atoms with E-state index in [1.807, 2.05) is 12.1 Å². The second-order valence-corrected chi connectivity index (χ2v) is 8.35. The molecule has 4 rings (SSSR count). The molecule has 142 valence electrons. The second-order valence-electron chi connectivity index (χ2n) is 7.94. The summed E-state index contributed by atoms with van der Waals surface area (Å²) < 4.78 is 0. The van der Waals surface area contributed by atoms with Gasteiger partial charge in [-0.2, -0.15) is 0 Å². The summed E-state index contributed by atoms with van der Waals surface area (Å²) in [6.45, 7) is 8.33. The standard InChI is InChI=1S/C19H27ClN4O2/c1-21-5-7-23(8-6-21)18-14(3-2-4-17(18)20)9-22-10-15-12-24(19(25)26)13-16(15)11-22/h2-4,15-16H,5-13H2,1H3,(H,25,26).